The average molecular weight is 443 g/mol. The van der Waals surface area contributed by atoms with E-state index in [9.17, 15) is 22.8 Å². The van der Waals surface area contributed by atoms with Crippen molar-refractivity contribution in [2.45, 2.75) is 63.5 Å². The van der Waals surface area contributed by atoms with Crippen molar-refractivity contribution in [1.82, 2.24) is 14.8 Å². The minimum absolute atomic E-state index is 0.000917. The first kappa shape index (κ1) is 23.0. The van der Waals surface area contributed by atoms with E-state index in [0.29, 0.717) is 19.6 Å². The summed E-state index contributed by atoms with van der Waals surface area (Å²) >= 11 is 0. The maximum Gasteiger partial charge on any atom is 0.490 e. The van der Waals surface area contributed by atoms with E-state index >= 15 is 0 Å². The minimum atomic E-state index is -5.08. The summed E-state index contributed by atoms with van der Waals surface area (Å²) in [5, 5.41) is 7.12. The number of aliphatic carboxylic acids is 1. The molecule has 11 heteroatoms. The second kappa shape index (κ2) is 9.21. The summed E-state index contributed by atoms with van der Waals surface area (Å²) in [6.45, 7) is 3.88. The van der Waals surface area contributed by atoms with Crippen molar-refractivity contribution in [3.8, 4) is 0 Å². The predicted molar refractivity (Wildman–Crippen MR) is 101 cm³/mol. The minimum Gasteiger partial charge on any atom is -0.475 e. The third-order valence-electron chi connectivity index (χ3n) is 5.62. The van der Waals surface area contributed by atoms with Gasteiger partial charge in [-0.3, -0.25) is 14.6 Å². The van der Waals surface area contributed by atoms with Gasteiger partial charge in [0, 0.05) is 25.3 Å². The van der Waals surface area contributed by atoms with Gasteiger partial charge in [0.1, 0.15) is 6.10 Å². The number of pyridine rings is 1. The number of aryl methyl sites for hydroxylation is 1. The zero-order valence-electron chi connectivity index (χ0n) is 17.0. The number of aromatic nitrogens is 1. The molecule has 0 aliphatic carbocycles. The number of alkyl halides is 3. The Labute approximate surface area is 177 Å². The van der Waals surface area contributed by atoms with Gasteiger partial charge in [0.05, 0.1) is 24.3 Å². The van der Waals surface area contributed by atoms with Gasteiger partial charge in [-0.15, -0.1) is 0 Å². The molecule has 4 rings (SSSR count). The quantitative estimate of drug-likeness (QED) is 0.766. The molecule has 0 bridgehead atoms. The summed E-state index contributed by atoms with van der Waals surface area (Å²) in [7, 11) is 0. The Morgan fingerprint density at radius 1 is 1.26 bits per heavy atom. The Balaban J connectivity index is 0.000000339. The fourth-order valence-electron chi connectivity index (χ4n) is 4.23. The van der Waals surface area contributed by atoms with Crippen molar-refractivity contribution in [2.75, 3.05) is 13.2 Å². The first-order valence-corrected chi connectivity index (χ1v) is 10.0. The lowest BCUT2D eigenvalue weighted by molar-refractivity contribution is -0.192. The van der Waals surface area contributed by atoms with E-state index in [1.165, 1.54) is 0 Å². The van der Waals surface area contributed by atoms with Crippen LogP contribution < -0.4 is 0 Å². The van der Waals surface area contributed by atoms with Crippen LogP contribution in [-0.2, 0) is 25.7 Å². The molecule has 3 atom stereocenters. The molecule has 1 N–H and O–H groups in total. The number of carbonyl (C=O) groups excluding carboxylic acids is 2. The van der Waals surface area contributed by atoms with Crippen LogP contribution in [0.4, 0.5) is 13.2 Å². The number of carboxylic acid groups (broad SMARTS) is 1. The van der Waals surface area contributed by atoms with E-state index in [1.54, 1.807) is 0 Å². The number of hydrogen-bond acceptors (Lipinski definition) is 5. The zero-order valence-corrected chi connectivity index (χ0v) is 17.0. The number of likely N-dealkylation sites (tertiary alicyclic amines) is 2. The molecular formula is C20H24F3N3O5. The van der Waals surface area contributed by atoms with Crippen molar-refractivity contribution in [1.29, 1.82) is 0 Å². The molecule has 0 spiro atoms. The predicted octanol–water partition coefficient (Wildman–Crippen LogP) is 1.90. The van der Waals surface area contributed by atoms with Crippen molar-refractivity contribution in [2.24, 2.45) is 0 Å². The third-order valence-corrected chi connectivity index (χ3v) is 5.62. The lowest BCUT2D eigenvalue weighted by Gasteiger charge is -2.26. The van der Waals surface area contributed by atoms with Gasteiger partial charge in [-0.25, -0.2) is 4.79 Å². The van der Waals surface area contributed by atoms with E-state index in [1.807, 2.05) is 34.9 Å². The number of halogens is 3. The SMILES string of the molecule is Cc1cccc(CN2C(=O)C[C@@H]3[C@@H]2CCN3C(=O)C2CCCO2)n1.O=C(O)C(F)(F)F. The molecule has 8 nitrogen and oxygen atoms in total. The standard InChI is InChI=1S/C18H23N3O3.C2HF3O2/c1-12-4-2-5-13(19-12)11-21-14-7-8-20(15(14)10-17(21)22)18(23)16-6-3-9-24-16;3-2(4,5)1(6)7/h2,4-5,14-16H,3,6-11H2,1H3;(H,6,7)/t14-,15+,16?;/m0./s1. The fraction of sp³-hybridized carbons (Fsp3) is 0.600. The molecule has 1 aromatic rings. The van der Waals surface area contributed by atoms with E-state index in [4.69, 9.17) is 14.6 Å². The molecule has 3 aliphatic rings. The van der Waals surface area contributed by atoms with Gasteiger partial charge in [0.25, 0.3) is 5.91 Å². The van der Waals surface area contributed by atoms with E-state index in [-0.39, 0.29) is 30.0 Å². The highest BCUT2D eigenvalue weighted by atomic mass is 19.4. The van der Waals surface area contributed by atoms with Crippen LogP contribution in [0.1, 0.15) is 37.1 Å². The monoisotopic (exact) mass is 443 g/mol. The maximum atomic E-state index is 12.7. The lowest BCUT2D eigenvalue weighted by Crippen LogP contribution is -2.44. The highest BCUT2D eigenvalue weighted by Crippen LogP contribution is 2.34. The normalized spacial score (nSPS) is 25.3. The molecule has 1 aromatic heterocycles. The second-order valence-corrected chi connectivity index (χ2v) is 7.76. The van der Waals surface area contributed by atoms with Crippen molar-refractivity contribution < 1.29 is 37.4 Å². The smallest absolute Gasteiger partial charge is 0.475 e. The first-order valence-electron chi connectivity index (χ1n) is 10.0. The summed E-state index contributed by atoms with van der Waals surface area (Å²) in [5.41, 5.74) is 1.87. The maximum absolute atomic E-state index is 12.7. The number of rotatable bonds is 3. The fourth-order valence-corrected chi connectivity index (χ4v) is 4.23. The van der Waals surface area contributed by atoms with Crippen LogP contribution in [0, 0.1) is 6.92 Å². The van der Waals surface area contributed by atoms with Crippen LogP contribution in [0.15, 0.2) is 18.2 Å². The summed E-state index contributed by atoms with van der Waals surface area (Å²) in [4.78, 5) is 42.4. The molecule has 3 aliphatic heterocycles. The molecule has 0 aromatic carbocycles. The molecule has 3 fully saturated rings. The zero-order chi connectivity index (χ0) is 22.8. The van der Waals surface area contributed by atoms with Gasteiger partial charge < -0.3 is 19.6 Å². The van der Waals surface area contributed by atoms with Crippen LogP contribution in [0.2, 0.25) is 0 Å². The summed E-state index contributed by atoms with van der Waals surface area (Å²) in [6, 6.07) is 6.00. The molecule has 170 valence electrons. The van der Waals surface area contributed by atoms with E-state index in [2.05, 4.69) is 4.98 Å². The molecule has 4 heterocycles. The topological polar surface area (TPSA) is 100 Å². The van der Waals surface area contributed by atoms with Crippen LogP contribution in [-0.4, -0.2) is 75.2 Å². The molecule has 2 amide bonds. The summed E-state index contributed by atoms with van der Waals surface area (Å²) < 4.78 is 37.3. The van der Waals surface area contributed by atoms with E-state index in [0.717, 1.165) is 37.2 Å². The number of carboxylic acids is 1. The first-order chi connectivity index (χ1) is 14.6. The molecular weight excluding hydrogens is 419 g/mol. The number of ether oxygens (including phenoxy) is 1. The van der Waals surface area contributed by atoms with Crippen molar-refractivity contribution in [3.63, 3.8) is 0 Å². The van der Waals surface area contributed by atoms with Gasteiger partial charge in [0.15, 0.2) is 0 Å². The number of fused-ring (bicyclic) bond motifs is 1. The Kier molecular flexibility index (Phi) is 6.83. The average Bonchev–Trinajstić information content (AvgIpc) is 3.40. The molecule has 1 unspecified atom stereocenters. The number of hydrogen-bond donors (Lipinski definition) is 1. The number of carbonyl (C=O) groups is 3. The summed E-state index contributed by atoms with van der Waals surface area (Å²) in [6.07, 6.45) is -2.36. The largest absolute Gasteiger partial charge is 0.490 e. The number of amides is 2. The van der Waals surface area contributed by atoms with Gasteiger partial charge in [-0.2, -0.15) is 13.2 Å². The van der Waals surface area contributed by atoms with Crippen LogP contribution in [0.3, 0.4) is 0 Å². The number of nitrogens with zero attached hydrogens (tertiary/aromatic N) is 3. The molecule has 31 heavy (non-hydrogen) atoms. The highest BCUT2D eigenvalue weighted by Gasteiger charge is 2.49. The summed E-state index contributed by atoms with van der Waals surface area (Å²) in [5.74, 6) is -2.56. The molecule has 0 radical (unpaired) electrons. The highest BCUT2D eigenvalue weighted by molar-refractivity contribution is 5.85. The van der Waals surface area contributed by atoms with Crippen LogP contribution in [0.5, 0.6) is 0 Å². The van der Waals surface area contributed by atoms with Crippen molar-refractivity contribution >= 4 is 17.8 Å². The third kappa shape index (κ3) is 5.33. The Morgan fingerprint density at radius 2 is 1.97 bits per heavy atom. The van der Waals surface area contributed by atoms with E-state index < -0.39 is 12.1 Å². The molecule has 3 saturated heterocycles. The van der Waals surface area contributed by atoms with Gasteiger partial charge in [-0.05, 0) is 38.3 Å². The van der Waals surface area contributed by atoms with Gasteiger partial charge in [-0.1, -0.05) is 6.07 Å². The van der Waals surface area contributed by atoms with Crippen LogP contribution >= 0.6 is 0 Å². The Hall–Kier alpha value is -2.69. The second-order valence-electron chi connectivity index (χ2n) is 7.76. The molecule has 0 saturated carbocycles. The van der Waals surface area contributed by atoms with Crippen molar-refractivity contribution in [3.05, 3.63) is 29.6 Å². The van der Waals surface area contributed by atoms with Crippen LogP contribution in [0.25, 0.3) is 0 Å². The lowest BCUT2D eigenvalue weighted by atomic mass is 10.1. The Morgan fingerprint density at radius 3 is 2.55 bits per heavy atom. The van der Waals surface area contributed by atoms with Gasteiger partial charge in [0.2, 0.25) is 5.91 Å². The van der Waals surface area contributed by atoms with Gasteiger partial charge >= 0.3 is 12.1 Å². The Bertz CT molecular complexity index is 842.